The van der Waals surface area contributed by atoms with E-state index in [2.05, 4.69) is 15.5 Å². The van der Waals surface area contributed by atoms with Gasteiger partial charge in [-0.15, -0.1) is 10.2 Å². The fourth-order valence-corrected chi connectivity index (χ4v) is 2.18. The SMILES string of the molecule is CC(C)(C)OC(=O)NCC(c1ccccc1)c1nnc(CC(F)(F)F)o1. The second-order valence-corrected chi connectivity index (χ2v) is 6.67. The summed E-state index contributed by atoms with van der Waals surface area (Å²) in [6, 6.07) is 8.85. The lowest BCUT2D eigenvalue weighted by Crippen LogP contribution is -2.35. The maximum absolute atomic E-state index is 12.5. The van der Waals surface area contributed by atoms with E-state index >= 15 is 0 Å². The van der Waals surface area contributed by atoms with E-state index in [1.807, 2.05) is 0 Å². The van der Waals surface area contributed by atoms with Crippen LogP contribution in [0.15, 0.2) is 34.7 Å². The quantitative estimate of drug-likeness (QED) is 0.864. The molecule has 26 heavy (non-hydrogen) atoms. The zero-order chi connectivity index (χ0) is 19.4. The maximum Gasteiger partial charge on any atom is 0.407 e. The highest BCUT2D eigenvalue weighted by molar-refractivity contribution is 5.67. The number of rotatable bonds is 5. The summed E-state index contributed by atoms with van der Waals surface area (Å²) in [5.41, 5.74) is 0.0437. The molecule has 142 valence electrons. The summed E-state index contributed by atoms with van der Waals surface area (Å²) in [6.45, 7) is 5.21. The largest absolute Gasteiger partial charge is 0.444 e. The summed E-state index contributed by atoms with van der Waals surface area (Å²) in [5, 5.41) is 9.76. The number of ether oxygens (including phenoxy) is 1. The van der Waals surface area contributed by atoms with E-state index in [1.165, 1.54) is 0 Å². The summed E-state index contributed by atoms with van der Waals surface area (Å²) in [5.74, 6) is -1.13. The van der Waals surface area contributed by atoms with Gasteiger partial charge in [-0.25, -0.2) is 4.79 Å². The van der Waals surface area contributed by atoms with Crippen molar-refractivity contribution < 1.29 is 27.1 Å². The summed E-state index contributed by atoms with van der Waals surface area (Å²) in [7, 11) is 0. The first kappa shape index (κ1) is 19.7. The Kier molecular flexibility index (Phi) is 5.89. The van der Waals surface area contributed by atoms with E-state index in [0.29, 0.717) is 5.56 Å². The van der Waals surface area contributed by atoms with Gasteiger partial charge in [0.15, 0.2) is 0 Å². The van der Waals surface area contributed by atoms with Gasteiger partial charge in [-0.2, -0.15) is 13.2 Å². The average molecular weight is 371 g/mol. The third kappa shape index (κ3) is 6.38. The molecule has 2 aromatic rings. The smallest absolute Gasteiger partial charge is 0.407 e. The van der Waals surface area contributed by atoms with Gasteiger partial charge in [0.1, 0.15) is 12.0 Å². The number of alkyl carbamates (subject to hydrolysis) is 1. The number of carbonyl (C=O) groups excluding carboxylic acids is 1. The number of alkyl halides is 3. The van der Waals surface area contributed by atoms with Crippen LogP contribution >= 0.6 is 0 Å². The van der Waals surface area contributed by atoms with Crippen LogP contribution in [-0.4, -0.2) is 34.6 Å². The third-order valence-electron chi connectivity index (χ3n) is 3.18. The van der Waals surface area contributed by atoms with Crippen LogP contribution in [0.1, 0.15) is 44.0 Å². The van der Waals surface area contributed by atoms with E-state index in [9.17, 15) is 18.0 Å². The second-order valence-electron chi connectivity index (χ2n) is 6.67. The van der Waals surface area contributed by atoms with Crippen molar-refractivity contribution in [3.8, 4) is 0 Å². The molecule has 0 aliphatic carbocycles. The topological polar surface area (TPSA) is 77.2 Å². The van der Waals surface area contributed by atoms with Crippen LogP contribution in [0.2, 0.25) is 0 Å². The molecule has 1 amide bonds. The van der Waals surface area contributed by atoms with Crippen molar-refractivity contribution in [1.29, 1.82) is 0 Å². The van der Waals surface area contributed by atoms with Gasteiger partial charge in [-0.05, 0) is 26.3 Å². The molecule has 0 saturated carbocycles. The molecule has 1 atom stereocenters. The molecule has 1 N–H and O–H groups in total. The van der Waals surface area contributed by atoms with Crippen LogP contribution in [-0.2, 0) is 11.2 Å². The van der Waals surface area contributed by atoms with Gasteiger partial charge in [-0.1, -0.05) is 30.3 Å². The number of carbonyl (C=O) groups is 1. The lowest BCUT2D eigenvalue weighted by Gasteiger charge is -2.21. The molecule has 0 bridgehead atoms. The molecular weight excluding hydrogens is 351 g/mol. The van der Waals surface area contributed by atoms with Gasteiger partial charge in [0.25, 0.3) is 0 Å². The molecule has 0 aliphatic rings. The van der Waals surface area contributed by atoms with E-state index in [1.54, 1.807) is 51.1 Å². The standard InChI is InChI=1S/C17H20F3N3O3/c1-16(2,3)26-15(24)21-10-12(11-7-5-4-6-8-11)14-23-22-13(25-14)9-17(18,19)20/h4-8,12H,9-10H2,1-3H3,(H,21,24). The van der Waals surface area contributed by atoms with Gasteiger partial charge < -0.3 is 14.5 Å². The van der Waals surface area contributed by atoms with E-state index in [-0.39, 0.29) is 12.4 Å². The first-order valence-electron chi connectivity index (χ1n) is 7.94. The molecule has 2 rings (SSSR count). The van der Waals surface area contributed by atoms with Crippen LogP contribution in [0.4, 0.5) is 18.0 Å². The van der Waals surface area contributed by atoms with Gasteiger partial charge >= 0.3 is 12.3 Å². The van der Waals surface area contributed by atoms with Crippen LogP contribution < -0.4 is 5.32 Å². The molecular formula is C17H20F3N3O3. The van der Waals surface area contributed by atoms with Crippen molar-refractivity contribution in [2.75, 3.05) is 6.54 Å². The summed E-state index contributed by atoms with van der Waals surface area (Å²) >= 11 is 0. The van der Waals surface area contributed by atoms with Crippen molar-refractivity contribution in [2.24, 2.45) is 0 Å². The van der Waals surface area contributed by atoms with E-state index < -0.39 is 36.1 Å². The summed E-state index contributed by atoms with van der Waals surface area (Å²) in [6.07, 6.45) is -6.39. The minimum atomic E-state index is -4.44. The van der Waals surface area contributed by atoms with Crippen LogP contribution in [0.5, 0.6) is 0 Å². The minimum Gasteiger partial charge on any atom is -0.444 e. The van der Waals surface area contributed by atoms with Crippen LogP contribution in [0.25, 0.3) is 0 Å². The predicted octanol–water partition coefficient (Wildman–Crippen LogP) is 3.83. The number of halogens is 3. The van der Waals surface area contributed by atoms with Crippen LogP contribution in [0.3, 0.4) is 0 Å². The molecule has 9 heteroatoms. The third-order valence-corrected chi connectivity index (χ3v) is 3.18. The number of nitrogens with one attached hydrogen (secondary N) is 1. The van der Waals surface area contributed by atoms with E-state index in [4.69, 9.17) is 9.15 Å². The summed E-state index contributed by atoms with van der Waals surface area (Å²) in [4.78, 5) is 11.9. The number of nitrogens with zero attached hydrogens (tertiary/aromatic N) is 2. The van der Waals surface area contributed by atoms with Crippen molar-refractivity contribution >= 4 is 6.09 Å². The zero-order valence-corrected chi connectivity index (χ0v) is 14.6. The molecule has 0 saturated heterocycles. The normalized spacial score (nSPS) is 13.3. The molecule has 0 radical (unpaired) electrons. The first-order valence-corrected chi connectivity index (χ1v) is 7.94. The van der Waals surface area contributed by atoms with Gasteiger partial charge in [0.2, 0.25) is 11.8 Å². The average Bonchev–Trinajstić information content (AvgIpc) is 2.93. The van der Waals surface area contributed by atoms with Crippen molar-refractivity contribution in [2.45, 2.75) is 44.9 Å². The molecule has 0 aliphatic heterocycles. The van der Waals surface area contributed by atoms with Gasteiger partial charge in [0, 0.05) is 6.54 Å². The fourth-order valence-electron chi connectivity index (χ4n) is 2.18. The minimum absolute atomic E-state index is 0.00786. The Hall–Kier alpha value is -2.58. The molecule has 1 heterocycles. The number of hydrogen-bond donors (Lipinski definition) is 1. The monoisotopic (exact) mass is 371 g/mol. The highest BCUT2D eigenvalue weighted by Gasteiger charge is 2.32. The van der Waals surface area contributed by atoms with Gasteiger partial charge in [-0.3, -0.25) is 0 Å². The first-order chi connectivity index (χ1) is 12.0. The Morgan fingerprint density at radius 3 is 2.42 bits per heavy atom. The summed E-state index contributed by atoms with van der Waals surface area (Å²) < 4.78 is 47.8. The molecule has 0 spiro atoms. The molecule has 1 aromatic heterocycles. The molecule has 6 nitrogen and oxygen atoms in total. The Labute approximate surface area is 148 Å². The molecule has 1 unspecified atom stereocenters. The van der Waals surface area contributed by atoms with Crippen molar-refractivity contribution in [1.82, 2.24) is 15.5 Å². The molecule has 0 fully saturated rings. The van der Waals surface area contributed by atoms with Gasteiger partial charge in [0.05, 0.1) is 5.92 Å². The number of benzene rings is 1. The Balaban J connectivity index is 2.16. The number of amides is 1. The lowest BCUT2D eigenvalue weighted by molar-refractivity contribution is -0.130. The Bertz CT molecular complexity index is 724. The Morgan fingerprint density at radius 1 is 1.19 bits per heavy atom. The lowest BCUT2D eigenvalue weighted by atomic mass is 9.99. The maximum atomic E-state index is 12.5. The fraction of sp³-hybridized carbons (Fsp3) is 0.471. The number of aromatic nitrogens is 2. The predicted molar refractivity (Wildman–Crippen MR) is 86.6 cm³/mol. The van der Waals surface area contributed by atoms with Crippen molar-refractivity contribution in [3.05, 3.63) is 47.7 Å². The molecule has 1 aromatic carbocycles. The zero-order valence-electron chi connectivity index (χ0n) is 14.6. The number of hydrogen-bond acceptors (Lipinski definition) is 5. The van der Waals surface area contributed by atoms with E-state index in [0.717, 1.165) is 0 Å². The highest BCUT2D eigenvalue weighted by atomic mass is 19.4. The highest BCUT2D eigenvalue weighted by Crippen LogP contribution is 2.26. The van der Waals surface area contributed by atoms with Crippen LogP contribution in [0, 0.1) is 0 Å². The Morgan fingerprint density at radius 2 is 1.85 bits per heavy atom. The van der Waals surface area contributed by atoms with Crippen molar-refractivity contribution in [3.63, 3.8) is 0 Å². The second kappa shape index (κ2) is 7.76.